The molecule has 0 bridgehead atoms. The quantitative estimate of drug-likeness (QED) is 0.797. The maximum absolute atomic E-state index is 12.5. The van der Waals surface area contributed by atoms with Gasteiger partial charge in [-0.15, -0.1) is 0 Å². The van der Waals surface area contributed by atoms with Crippen LogP contribution in [0.2, 0.25) is 0 Å². The van der Waals surface area contributed by atoms with E-state index in [1.165, 1.54) is 44.9 Å². The van der Waals surface area contributed by atoms with Crippen molar-refractivity contribution < 1.29 is 4.79 Å². The van der Waals surface area contributed by atoms with Gasteiger partial charge in [-0.2, -0.15) is 0 Å². The van der Waals surface area contributed by atoms with E-state index >= 15 is 0 Å². The van der Waals surface area contributed by atoms with E-state index in [2.05, 4.69) is 11.8 Å². The molecule has 1 amide bonds. The van der Waals surface area contributed by atoms with Crippen LogP contribution >= 0.6 is 0 Å². The van der Waals surface area contributed by atoms with Crippen LogP contribution in [0.15, 0.2) is 0 Å². The second kappa shape index (κ2) is 5.85. The molecule has 2 rings (SSSR count). The van der Waals surface area contributed by atoms with Crippen molar-refractivity contribution in [1.82, 2.24) is 4.90 Å². The molecule has 2 N–H and O–H groups in total. The fraction of sp³-hybridized carbons (Fsp3) is 0.929. The third kappa shape index (κ3) is 3.21. The van der Waals surface area contributed by atoms with Crippen molar-refractivity contribution in [1.29, 1.82) is 0 Å². The molecule has 2 saturated carbocycles. The van der Waals surface area contributed by atoms with Gasteiger partial charge in [0, 0.05) is 25.0 Å². The van der Waals surface area contributed by atoms with Crippen LogP contribution in [0.5, 0.6) is 0 Å². The molecule has 0 saturated heterocycles. The summed E-state index contributed by atoms with van der Waals surface area (Å²) in [7, 11) is 0. The van der Waals surface area contributed by atoms with Crippen molar-refractivity contribution in [3.05, 3.63) is 0 Å². The molecule has 0 heterocycles. The first-order chi connectivity index (χ1) is 8.24. The molecule has 2 fully saturated rings. The van der Waals surface area contributed by atoms with Crippen molar-refractivity contribution in [2.75, 3.05) is 13.1 Å². The lowest BCUT2D eigenvalue weighted by Gasteiger charge is -2.36. The Morgan fingerprint density at radius 2 is 1.88 bits per heavy atom. The van der Waals surface area contributed by atoms with Crippen LogP contribution in [-0.2, 0) is 4.79 Å². The smallest absolute Gasteiger partial charge is 0.225 e. The molecule has 1 atom stereocenters. The number of carbonyl (C=O) groups is 1. The molecule has 98 valence electrons. The Balaban J connectivity index is 1.96. The Morgan fingerprint density at radius 3 is 2.41 bits per heavy atom. The molecule has 2 aliphatic carbocycles. The Morgan fingerprint density at radius 1 is 1.24 bits per heavy atom. The standard InChI is InChI=1S/C14H26N2O/c1-11(12-7-8-12)14(17)16(10-9-15)13-5-3-2-4-6-13/h11-13H,2-10,15H2,1H3. The van der Waals surface area contributed by atoms with Crippen LogP contribution < -0.4 is 5.73 Å². The summed E-state index contributed by atoms with van der Waals surface area (Å²) in [5, 5.41) is 0. The lowest BCUT2D eigenvalue weighted by molar-refractivity contribution is -0.138. The number of hydrogen-bond acceptors (Lipinski definition) is 2. The average molecular weight is 238 g/mol. The molecule has 3 heteroatoms. The van der Waals surface area contributed by atoms with E-state index < -0.39 is 0 Å². The molecule has 17 heavy (non-hydrogen) atoms. The minimum Gasteiger partial charge on any atom is -0.338 e. The summed E-state index contributed by atoms with van der Waals surface area (Å²) >= 11 is 0. The van der Waals surface area contributed by atoms with Crippen LogP contribution in [0.1, 0.15) is 51.9 Å². The highest BCUT2D eigenvalue weighted by Crippen LogP contribution is 2.38. The number of carbonyl (C=O) groups excluding carboxylic acids is 1. The lowest BCUT2D eigenvalue weighted by atomic mass is 9.92. The molecule has 3 nitrogen and oxygen atoms in total. The zero-order valence-electron chi connectivity index (χ0n) is 11.0. The topological polar surface area (TPSA) is 46.3 Å². The van der Waals surface area contributed by atoms with Crippen molar-refractivity contribution in [2.24, 2.45) is 17.6 Å². The second-order valence-corrected chi connectivity index (χ2v) is 5.74. The van der Waals surface area contributed by atoms with Crippen LogP contribution in [0.4, 0.5) is 0 Å². The van der Waals surface area contributed by atoms with Gasteiger partial charge in [-0.1, -0.05) is 26.2 Å². The molecule has 0 aromatic heterocycles. The number of nitrogens with zero attached hydrogens (tertiary/aromatic N) is 1. The van der Waals surface area contributed by atoms with Gasteiger partial charge in [0.05, 0.1) is 0 Å². The van der Waals surface area contributed by atoms with Gasteiger partial charge in [-0.05, 0) is 31.6 Å². The van der Waals surface area contributed by atoms with Gasteiger partial charge in [0.1, 0.15) is 0 Å². The predicted octanol–water partition coefficient (Wildman–Crippen LogP) is 2.15. The van der Waals surface area contributed by atoms with E-state index in [1.807, 2.05) is 0 Å². The minimum absolute atomic E-state index is 0.225. The first-order valence-corrected chi connectivity index (χ1v) is 7.24. The highest BCUT2D eigenvalue weighted by molar-refractivity contribution is 5.79. The average Bonchev–Trinajstić information content (AvgIpc) is 3.19. The molecule has 0 aromatic carbocycles. The fourth-order valence-corrected chi connectivity index (χ4v) is 3.06. The van der Waals surface area contributed by atoms with Crippen molar-refractivity contribution in [2.45, 2.75) is 57.9 Å². The van der Waals surface area contributed by atoms with Gasteiger partial charge in [-0.3, -0.25) is 4.79 Å². The Labute approximate surface area is 105 Å². The van der Waals surface area contributed by atoms with Crippen molar-refractivity contribution in [3.8, 4) is 0 Å². The second-order valence-electron chi connectivity index (χ2n) is 5.74. The molecular weight excluding hydrogens is 212 g/mol. The van der Waals surface area contributed by atoms with E-state index in [0.29, 0.717) is 24.4 Å². The summed E-state index contributed by atoms with van der Waals surface area (Å²) in [5.74, 6) is 1.25. The molecule has 1 unspecified atom stereocenters. The minimum atomic E-state index is 0.225. The van der Waals surface area contributed by atoms with E-state index in [0.717, 1.165) is 6.54 Å². The van der Waals surface area contributed by atoms with Gasteiger partial charge in [0.2, 0.25) is 5.91 Å². The predicted molar refractivity (Wildman–Crippen MR) is 69.5 cm³/mol. The SMILES string of the molecule is CC(C(=O)N(CCN)C1CCCCC1)C1CC1. The van der Waals surface area contributed by atoms with E-state index in [1.54, 1.807) is 0 Å². The first kappa shape index (κ1) is 12.9. The molecular formula is C14H26N2O. The van der Waals surface area contributed by atoms with Gasteiger partial charge in [-0.25, -0.2) is 0 Å². The summed E-state index contributed by atoms with van der Waals surface area (Å²) in [5.41, 5.74) is 5.67. The normalized spacial score (nSPS) is 23.4. The van der Waals surface area contributed by atoms with Gasteiger partial charge in [0.15, 0.2) is 0 Å². The molecule has 0 spiro atoms. The van der Waals surface area contributed by atoms with Crippen LogP contribution in [0, 0.1) is 11.8 Å². The third-order valence-electron chi connectivity index (χ3n) is 4.39. The maximum Gasteiger partial charge on any atom is 0.225 e. The first-order valence-electron chi connectivity index (χ1n) is 7.24. The largest absolute Gasteiger partial charge is 0.338 e. The Bertz CT molecular complexity index is 257. The number of rotatable bonds is 5. The van der Waals surface area contributed by atoms with Crippen molar-refractivity contribution in [3.63, 3.8) is 0 Å². The molecule has 0 aliphatic heterocycles. The summed E-state index contributed by atoms with van der Waals surface area (Å²) in [6.07, 6.45) is 8.74. The highest BCUT2D eigenvalue weighted by Gasteiger charge is 2.36. The molecule has 0 aromatic rings. The van der Waals surface area contributed by atoms with Crippen molar-refractivity contribution >= 4 is 5.91 Å². The van der Waals surface area contributed by atoms with Gasteiger partial charge in [0.25, 0.3) is 0 Å². The lowest BCUT2D eigenvalue weighted by Crippen LogP contribution is -2.46. The summed E-state index contributed by atoms with van der Waals surface area (Å²) < 4.78 is 0. The van der Waals surface area contributed by atoms with Crippen LogP contribution in [0.3, 0.4) is 0 Å². The monoisotopic (exact) mass is 238 g/mol. The Kier molecular flexibility index (Phi) is 4.43. The summed E-state index contributed by atoms with van der Waals surface area (Å²) in [6.45, 7) is 3.45. The number of hydrogen-bond donors (Lipinski definition) is 1. The van der Waals surface area contributed by atoms with E-state index in [9.17, 15) is 4.79 Å². The molecule has 2 aliphatic rings. The summed E-state index contributed by atoms with van der Waals surface area (Å²) in [6, 6.07) is 0.473. The van der Waals surface area contributed by atoms with Crippen LogP contribution in [-0.4, -0.2) is 29.9 Å². The summed E-state index contributed by atoms with van der Waals surface area (Å²) in [4.78, 5) is 14.6. The van der Waals surface area contributed by atoms with Gasteiger partial charge >= 0.3 is 0 Å². The van der Waals surface area contributed by atoms with Gasteiger partial charge < -0.3 is 10.6 Å². The third-order valence-corrected chi connectivity index (χ3v) is 4.39. The zero-order valence-corrected chi connectivity index (χ0v) is 11.0. The number of amides is 1. The van der Waals surface area contributed by atoms with E-state index in [-0.39, 0.29) is 5.92 Å². The number of nitrogens with two attached hydrogens (primary N) is 1. The zero-order chi connectivity index (χ0) is 12.3. The van der Waals surface area contributed by atoms with Crippen LogP contribution in [0.25, 0.3) is 0 Å². The fourth-order valence-electron chi connectivity index (χ4n) is 3.06. The van der Waals surface area contributed by atoms with E-state index in [4.69, 9.17) is 5.73 Å². The highest BCUT2D eigenvalue weighted by atomic mass is 16.2. The maximum atomic E-state index is 12.5. The Hall–Kier alpha value is -0.570. The molecule has 0 radical (unpaired) electrons.